The molecular formula is C25H19N5+2. The maximum atomic E-state index is 4.50. The van der Waals surface area contributed by atoms with Crippen molar-refractivity contribution < 1.29 is 9.15 Å². The van der Waals surface area contributed by atoms with Crippen molar-refractivity contribution in [2.45, 2.75) is 5.41 Å². The predicted octanol–water partition coefficient (Wildman–Crippen LogP) is 4.11. The lowest BCUT2D eigenvalue weighted by atomic mass is 9.70. The molecule has 5 nitrogen and oxygen atoms in total. The normalized spacial score (nSPS) is 18.7. The Kier molecular flexibility index (Phi) is 3.48. The Bertz CT molecular complexity index is 1340. The second kappa shape index (κ2) is 6.21. The van der Waals surface area contributed by atoms with Gasteiger partial charge in [0.2, 0.25) is 11.9 Å². The van der Waals surface area contributed by atoms with Crippen molar-refractivity contribution in [1.82, 2.24) is 15.2 Å². The standard InChI is InChI=1S/C25H19N5/c1-29-13-14-30(17-29)19-6-4-5-18(15-19)25(24-10-12-27-28-24)22-8-3-2-7-20(22)21-9-11-26-16-23(21)25/h2-16H,1H3,(H,27,28)/q+2. The van der Waals surface area contributed by atoms with E-state index in [2.05, 4.69) is 81.9 Å². The van der Waals surface area contributed by atoms with Gasteiger partial charge in [-0.25, -0.2) is 0 Å². The quantitative estimate of drug-likeness (QED) is 0.472. The average molecular weight is 389 g/mol. The molecule has 0 bridgehead atoms. The first-order valence-electron chi connectivity index (χ1n) is 9.90. The van der Waals surface area contributed by atoms with E-state index in [0.717, 1.165) is 22.5 Å². The number of aromatic nitrogens is 3. The van der Waals surface area contributed by atoms with Crippen molar-refractivity contribution in [3.8, 4) is 11.1 Å². The van der Waals surface area contributed by atoms with E-state index in [4.69, 9.17) is 0 Å². The molecule has 5 heteroatoms. The molecule has 1 atom stereocenters. The molecule has 30 heavy (non-hydrogen) atoms. The predicted molar refractivity (Wildman–Crippen MR) is 114 cm³/mol. The minimum absolute atomic E-state index is 0.512. The van der Waals surface area contributed by atoms with E-state index in [1.165, 1.54) is 16.7 Å². The zero-order valence-corrected chi connectivity index (χ0v) is 16.4. The molecular weight excluding hydrogens is 370 g/mol. The molecule has 3 heterocycles. The average Bonchev–Trinajstić information content (AvgIpc) is 3.52. The van der Waals surface area contributed by atoms with Crippen LogP contribution in [0.25, 0.3) is 11.1 Å². The summed E-state index contributed by atoms with van der Waals surface area (Å²) >= 11 is 0. The SMILES string of the molecule is C[N+]1=C=[N+](c2cccc(C3(c4ccn[nH]4)c4ccccc4-c4ccncc43)c2)C=C1. The Labute approximate surface area is 174 Å². The molecule has 0 spiro atoms. The van der Waals surface area contributed by atoms with Crippen LogP contribution in [0.1, 0.15) is 22.4 Å². The monoisotopic (exact) mass is 389 g/mol. The van der Waals surface area contributed by atoms with Crippen LogP contribution in [0, 0.1) is 0 Å². The first kappa shape index (κ1) is 16.8. The molecule has 0 radical (unpaired) electrons. The number of pyridine rings is 1. The van der Waals surface area contributed by atoms with Crippen molar-refractivity contribution in [2.24, 2.45) is 0 Å². The van der Waals surface area contributed by atoms with Gasteiger partial charge in [0.1, 0.15) is 0 Å². The van der Waals surface area contributed by atoms with Crippen molar-refractivity contribution in [2.75, 3.05) is 7.05 Å². The third-order valence-corrected chi connectivity index (χ3v) is 6.01. The zero-order chi connectivity index (χ0) is 20.1. The third-order valence-electron chi connectivity index (χ3n) is 6.01. The lowest BCUT2D eigenvalue weighted by molar-refractivity contribution is -0.429. The van der Waals surface area contributed by atoms with Crippen molar-refractivity contribution in [3.05, 3.63) is 114 Å². The maximum Gasteiger partial charge on any atom is 0.495 e. The molecule has 6 rings (SSSR count). The minimum Gasteiger partial charge on any atom is -0.281 e. The Morgan fingerprint density at radius 1 is 0.900 bits per heavy atom. The van der Waals surface area contributed by atoms with Crippen LogP contribution >= 0.6 is 0 Å². The number of fused-ring (bicyclic) bond motifs is 3. The number of hydrogen-bond acceptors (Lipinski definition) is 2. The van der Waals surface area contributed by atoms with E-state index in [-0.39, 0.29) is 0 Å². The van der Waals surface area contributed by atoms with Gasteiger partial charge in [-0.05, 0) is 39.9 Å². The van der Waals surface area contributed by atoms with Gasteiger partial charge in [0, 0.05) is 30.7 Å². The van der Waals surface area contributed by atoms with Crippen LogP contribution < -0.4 is 0 Å². The number of benzene rings is 2. The highest BCUT2D eigenvalue weighted by Gasteiger charge is 2.47. The lowest BCUT2D eigenvalue weighted by Gasteiger charge is -2.31. The fourth-order valence-electron chi connectivity index (χ4n) is 4.78. The molecule has 2 aliphatic rings. The van der Waals surface area contributed by atoms with Gasteiger partial charge >= 0.3 is 6.01 Å². The van der Waals surface area contributed by atoms with Gasteiger partial charge in [0.25, 0.3) is 6.20 Å². The zero-order valence-electron chi connectivity index (χ0n) is 16.4. The topological polar surface area (TPSA) is 47.6 Å². The van der Waals surface area contributed by atoms with Gasteiger partial charge in [-0.1, -0.05) is 45.5 Å². The van der Waals surface area contributed by atoms with Crippen molar-refractivity contribution in [1.29, 1.82) is 0 Å². The summed E-state index contributed by atoms with van der Waals surface area (Å²) in [6, 6.07) is 24.7. The molecule has 142 valence electrons. The molecule has 0 saturated heterocycles. The van der Waals surface area contributed by atoms with Crippen LogP contribution in [0.15, 0.2) is 91.7 Å². The van der Waals surface area contributed by atoms with Crippen molar-refractivity contribution in [3.63, 3.8) is 0 Å². The molecule has 1 aliphatic carbocycles. The summed E-state index contributed by atoms with van der Waals surface area (Å²) in [4.78, 5) is 4.50. The van der Waals surface area contributed by atoms with Crippen LogP contribution in [-0.2, 0) is 5.41 Å². The smallest absolute Gasteiger partial charge is 0.281 e. The summed E-state index contributed by atoms with van der Waals surface area (Å²) in [5.41, 5.74) is 7.57. The number of nitrogens with one attached hydrogen (secondary N) is 1. The maximum absolute atomic E-state index is 4.50. The Hall–Kier alpha value is -4.08. The second-order valence-corrected chi connectivity index (χ2v) is 7.62. The number of H-pyrrole nitrogens is 1. The van der Waals surface area contributed by atoms with E-state index in [9.17, 15) is 0 Å². The second-order valence-electron chi connectivity index (χ2n) is 7.62. The van der Waals surface area contributed by atoms with E-state index in [0.29, 0.717) is 0 Å². The Morgan fingerprint density at radius 3 is 2.63 bits per heavy atom. The number of nitrogens with zero attached hydrogens (tertiary/aromatic N) is 4. The highest BCUT2D eigenvalue weighted by Crippen LogP contribution is 2.55. The Morgan fingerprint density at radius 2 is 1.80 bits per heavy atom. The summed E-state index contributed by atoms with van der Waals surface area (Å²) in [6.07, 6.45) is 9.67. The van der Waals surface area contributed by atoms with Crippen molar-refractivity contribution >= 4 is 11.7 Å². The molecule has 0 fully saturated rings. The third kappa shape index (κ3) is 2.18. The van der Waals surface area contributed by atoms with Crippen LogP contribution in [0.3, 0.4) is 0 Å². The Balaban J connectivity index is 1.71. The van der Waals surface area contributed by atoms with E-state index in [1.54, 1.807) is 0 Å². The fourth-order valence-corrected chi connectivity index (χ4v) is 4.78. The van der Waals surface area contributed by atoms with E-state index in [1.807, 2.05) is 47.2 Å². The first-order valence-corrected chi connectivity index (χ1v) is 9.90. The highest BCUT2D eigenvalue weighted by molar-refractivity contribution is 5.85. The minimum atomic E-state index is -0.512. The van der Waals surface area contributed by atoms with Crippen LogP contribution in [0.2, 0.25) is 0 Å². The highest BCUT2D eigenvalue weighted by atomic mass is 15.1. The summed E-state index contributed by atoms with van der Waals surface area (Å²) < 4.78 is 3.93. The molecule has 1 unspecified atom stereocenters. The number of hydrogen-bond donors (Lipinski definition) is 1. The summed E-state index contributed by atoms with van der Waals surface area (Å²) in [6.45, 7) is 0. The van der Waals surface area contributed by atoms with Gasteiger partial charge in [-0.2, -0.15) is 5.10 Å². The van der Waals surface area contributed by atoms with Gasteiger partial charge < -0.3 is 0 Å². The summed E-state index contributed by atoms with van der Waals surface area (Å²) in [7, 11) is 1.97. The summed E-state index contributed by atoms with van der Waals surface area (Å²) in [5, 5.41) is 7.57. The number of aromatic amines is 1. The van der Waals surface area contributed by atoms with E-state index < -0.39 is 5.41 Å². The molecule has 2 aromatic carbocycles. The molecule has 1 aliphatic heterocycles. The first-order chi connectivity index (χ1) is 14.8. The van der Waals surface area contributed by atoms with E-state index >= 15 is 0 Å². The number of rotatable bonds is 3. The molecule has 0 amide bonds. The molecule has 4 aromatic rings. The molecule has 0 saturated carbocycles. The van der Waals surface area contributed by atoms with Gasteiger partial charge in [0.15, 0.2) is 7.05 Å². The molecule has 1 N–H and O–H groups in total. The van der Waals surface area contributed by atoms with Gasteiger partial charge in [0.05, 0.1) is 11.1 Å². The van der Waals surface area contributed by atoms with Crippen LogP contribution in [-0.4, -0.2) is 37.4 Å². The lowest BCUT2D eigenvalue weighted by Crippen LogP contribution is -2.29. The van der Waals surface area contributed by atoms with Gasteiger partial charge in [-0.15, -0.1) is 0 Å². The molecule has 2 aromatic heterocycles. The largest absolute Gasteiger partial charge is 0.495 e. The van der Waals surface area contributed by atoms with Gasteiger partial charge in [-0.3, -0.25) is 10.1 Å². The summed E-state index contributed by atoms with van der Waals surface area (Å²) in [5.74, 6) is 0. The fraction of sp³-hybridized carbons (Fsp3) is 0.0800. The van der Waals surface area contributed by atoms with Crippen LogP contribution in [0.4, 0.5) is 5.69 Å². The van der Waals surface area contributed by atoms with Crippen LogP contribution in [0.5, 0.6) is 0 Å².